The number of methoxy groups -OCH3 is 3. The Labute approximate surface area is 324 Å². The molecular formula is C38H36ClN3O14. The largest absolute Gasteiger partial charge is 0.560 e. The second-order valence-corrected chi connectivity index (χ2v) is 13.3. The highest BCUT2D eigenvalue weighted by molar-refractivity contribution is 6.61. The van der Waals surface area contributed by atoms with Crippen LogP contribution in [0.15, 0.2) is 0 Å². The minimum absolute atomic E-state index is 0.0299. The summed E-state index contributed by atoms with van der Waals surface area (Å²) in [6, 6.07) is 0. The Morgan fingerprint density at radius 3 is 0.804 bits per heavy atom. The van der Waals surface area contributed by atoms with Crippen LogP contribution in [-0.4, -0.2) is 83.5 Å². The lowest BCUT2D eigenvalue weighted by molar-refractivity contribution is -0.121. The van der Waals surface area contributed by atoms with Gasteiger partial charge in [-0.3, -0.25) is 38.4 Å². The van der Waals surface area contributed by atoms with E-state index in [2.05, 4.69) is 4.84 Å². The fraction of sp³-hybridized carbons (Fsp3) is 0.316. The van der Waals surface area contributed by atoms with Gasteiger partial charge in [0.15, 0.2) is 0 Å². The molecule has 0 fully saturated rings. The SMILES string of the molecule is COc1c(C)c(C)c2c(c1C)C(=O)N(OC(=O)Cl)C2=O.COc1c(C)c(C)c2c(c1C)C(=O)N(OC(=O)ON1C(=O)c3c(C)c(C)c(OC)c(C)c3C1=O)C2=O. The maximum atomic E-state index is 13.0. The number of hydrogen-bond donors (Lipinski definition) is 0. The summed E-state index contributed by atoms with van der Waals surface area (Å²) in [7, 11) is 4.37. The number of amides is 6. The van der Waals surface area contributed by atoms with Crippen molar-refractivity contribution in [2.75, 3.05) is 21.3 Å². The third-order valence-corrected chi connectivity index (χ3v) is 10.3. The molecule has 0 saturated carbocycles. The fourth-order valence-electron chi connectivity index (χ4n) is 7.28. The Balaban J connectivity index is 0.000000253. The molecule has 0 radical (unpaired) electrons. The third kappa shape index (κ3) is 5.94. The summed E-state index contributed by atoms with van der Waals surface area (Å²) in [5.41, 5.74) is 4.31. The number of hydroxylamine groups is 6. The van der Waals surface area contributed by atoms with Crippen LogP contribution in [0.4, 0.5) is 9.59 Å². The van der Waals surface area contributed by atoms with Gasteiger partial charge < -0.3 is 19.0 Å². The average molecular weight is 794 g/mol. The van der Waals surface area contributed by atoms with Gasteiger partial charge in [0, 0.05) is 28.3 Å². The zero-order valence-corrected chi connectivity index (χ0v) is 33.2. The second kappa shape index (κ2) is 14.6. The molecule has 0 unspecified atom stereocenters. The zero-order chi connectivity index (χ0) is 42.0. The van der Waals surface area contributed by atoms with Crippen LogP contribution in [-0.2, 0) is 14.5 Å². The molecule has 0 spiro atoms. The van der Waals surface area contributed by atoms with Gasteiger partial charge in [-0.2, -0.15) is 4.79 Å². The van der Waals surface area contributed by atoms with E-state index in [1.165, 1.54) is 21.3 Å². The number of carbonyl (C=O) groups excluding carboxylic acids is 8. The smallest absolute Gasteiger partial charge is 0.496 e. The molecule has 0 aliphatic carbocycles. The van der Waals surface area contributed by atoms with Crippen LogP contribution in [0, 0.1) is 62.3 Å². The van der Waals surface area contributed by atoms with Crippen LogP contribution in [0.25, 0.3) is 0 Å². The standard InChI is InChI=1S/C25H24N2O9.C13H12ClNO5/c1-9-11(3)19(33-7)13(5)17-15(9)21(28)26(23(17)30)35-25(32)36-27-22(29)16-10(2)12(4)20(34-8)14(6)18(16)24(27)31;1-5-6(2)10(19-4)7(3)9-8(5)11(16)15(12(9)17)20-13(14)18/h1-8H3;1-4H3. The van der Waals surface area contributed by atoms with Crippen LogP contribution >= 0.6 is 11.6 Å². The highest BCUT2D eigenvalue weighted by atomic mass is 35.5. The topological polar surface area (TPSA) is 202 Å². The summed E-state index contributed by atoms with van der Waals surface area (Å²) in [5.74, 6) is -3.61. The first-order valence-corrected chi connectivity index (χ1v) is 17.0. The van der Waals surface area contributed by atoms with E-state index in [9.17, 15) is 38.4 Å². The van der Waals surface area contributed by atoms with E-state index in [-0.39, 0.29) is 43.5 Å². The van der Waals surface area contributed by atoms with Crippen molar-refractivity contribution in [3.63, 3.8) is 0 Å². The lowest BCUT2D eigenvalue weighted by Crippen LogP contribution is -2.38. The number of carbonyl (C=O) groups is 8. The first-order valence-electron chi connectivity index (χ1n) is 16.7. The summed E-state index contributed by atoms with van der Waals surface area (Å²) < 4.78 is 16.0. The second-order valence-electron chi connectivity index (χ2n) is 13.0. The summed E-state index contributed by atoms with van der Waals surface area (Å²) >= 11 is 5.07. The number of rotatable bonds is 6. The van der Waals surface area contributed by atoms with Crippen molar-refractivity contribution in [3.8, 4) is 17.2 Å². The number of ether oxygens (including phenoxy) is 3. The van der Waals surface area contributed by atoms with Crippen molar-refractivity contribution >= 4 is 58.6 Å². The van der Waals surface area contributed by atoms with Crippen LogP contribution in [0.5, 0.6) is 17.2 Å². The van der Waals surface area contributed by atoms with Crippen molar-refractivity contribution in [1.29, 1.82) is 0 Å². The molecular weight excluding hydrogens is 758 g/mol. The number of fused-ring (bicyclic) bond motifs is 3. The Morgan fingerprint density at radius 2 is 0.589 bits per heavy atom. The lowest BCUT2D eigenvalue weighted by atomic mass is 9.93. The lowest BCUT2D eigenvalue weighted by Gasteiger charge is -2.15. The number of hydrogen-bond acceptors (Lipinski definition) is 14. The Hall–Kier alpha value is -6.49. The van der Waals surface area contributed by atoms with Gasteiger partial charge in [-0.25, -0.2) is 4.79 Å². The van der Waals surface area contributed by atoms with Crippen molar-refractivity contribution in [3.05, 3.63) is 83.5 Å². The first kappa shape index (κ1) is 40.7. The number of imide groups is 3. The van der Waals surface area contributed by atoms with Gasteiger partial charge in [0.1, 0.15) is 17.2 Å². The molecule has 6 rings (SSSR count). The minimum atomic E-state index is -1.61. The highest BCUT2D eigenvalue weighted by Gasteiger charge is 2.47. The van der Waals surface area contributed by atoms with Crippen molar-refractivity contribution in [1.82, 2.24) is 15.2 Å². The van der Waals surface area contributed by atoms with E-state index in [0.717, 1.165) is 5.56 Å². The molecule has 3 aromatic carbocycles. The maximum absolute atomic E-state index is 13.0. The molecule has 6 amide bonds. The van der Waals surface area contributed by atoms with Crippen LogP contribution in [0.3, 0.4) is 0 Å². The van der Waals surface area contributed by atoms with Gasteiger partial charge in [0.25, 0.3) is 35.4 Å². The molecule has 3 aromatic rings. The normalized spacial score (nSPS) is 14.1. The Kier molecular flexibility index (Phi) is 10.6. The molecule has 18 heteroatoms. The number of nitrogens with zero attached hydrogens (tertiary/aromatic N) is 3. The van der Waals surface area contributed by atoms with Crippen LogP contribution in [0.2, 0.25) is 0 Å². The Morgan fingerprint density at radius 1 is 0.375 bits per heavy atom. The van der Waals surface area contributed by atoms with Gasteiger partial charge in [-0.1, -0.05) is 15.2 Å². The van der Waals surface area contributed by atoms with Crippen molar-refractivity contribution in [2.24, 2.45) is 0 Å². The number of halogens is 1. The predicted octanol–water partition coefficient (Wildman–Crippen LogP) is 5.94. The minimum Gasteiger partial charge on any atom is -0.496 e. The van der Waals surface area contributed by atoms with Gasteiger partial charge in [0.2, 0.25) is 0 Å². The van der Waals surface area contributed by atoms with Gasteiger partial charge in [-0.05, 0) is 95.7 Å². The van der Waals surface area contributed by atoms with Gasteiger partial charge in [0.05, 0.1) is 54.7 Å². The molecule has 0 saturated heterocycles. The molecule has 17 nitrogen and oxygen atoms in total. The van der Waals surface area contributed by atoms with Gasteiger partial charge >= 0.3 is 11.6 Å². The molecule has 3 aliphatic heterocycles. The zero-order valence-electron chi connectivity index (χ0n) is 32.4. The molecule has 3 heterocycles. The highest BCUT2D eigenvalue weighted by Crippen LogP contribution is 2.41. The van der Waals surface area contributed by atoms with E-state index in [4.69, 9.17) is 35.5 Å². The van der Waals surface area contributed by atoms with Gasteiger partial charge in [-0.15, -0.1) is 0 Å². The molecule has 294 valence electrons. The molecule has 0 aromatic heterocycles. The molecule has 0 bridgehead atoms. The summed E-state index contributed by atoms with van der Waals surface area (Å²) in [6.07, 6.45) is -1.61. The van der Waals surface area contributed by atoms with Crippen LogP contribution < -0.4 is 14.2 Å². The quantitative estimate of drug-likeness (QED) is 0.210. The van der Waals surface area contributed by atoms with E-state index in [1.807, 2.05) is 0 Å². The van der Waals surface area contributed by atoms with Crippen molar-refractivity contribution in [2.45, 2.75) is 62.3 Å². The summed E-state index contributed by atoms with van der Waals surface area (Å²) in [4.78, 5) is 114. The molecule has 0 atom stereocenters. The monoisotopic (exact) mass is 793 g/mol. The van der Waals surface area contributed by atoms with E-state index in [1.54, 1.807) is 62.3 Å². The third-order valence-electron chi connectivity index (χ3n) is 10.2. The predicted molar refractivity (Wildman–Crippen MR) is 193 cm³/mol. The van der Waals surface area contributed by atoms with Crippen LogP contribution in [0.1, 0.15) is 112 Å². The molecule has 0 N–H and O–H groups in total. The number of benzene rings is 3. The average Bonchev–Trinajstić information content (AvgIpc) is 3.65. The van der Waals surface area contributed by atoms with E-state index >= 15 is 0 Å². The summed E-state index contributed by atoms with van der Waals surface area (Å²) in [5, 5.41) is 0.861. The first-order chi connectivity index (χ1) is 26.2. The molecule has 56 heavy (non-hydrogen) atoms. The fourth-order valence-corrected chi connectivity index (χ4v) is 7.35. The van der Waals surface area contributed by atoms with E-state index in [0.29, 0.717) is 66.8 Å². The maximum Gasteiger partial charge on any atom is 0.560 e. The molecule has 3 aliphatic rings. The Bertz CT molecular complexity index is 2280. The summed E-state index contributed by atoms with van der Waals surface area (Å²) in [6.45, 7) is 15.1. The van der Waals surface area contributed by atoms with Crippen molar-refractivity contribution < 1.29 is 67.1 Å². The van der Waals surface area contributed by atoms with E-state index < -0.39 is 47.0 Å².